The van der Waals surface area contributed by atoms with E-state index in [0.29, 0.717) is 0 Å². The molecule has 4 aromatic rings. The number of nitrogens with zero attached hydrogens (tertiary/aromatic N) is 2. The Morgan fingerprint density at radius 2 is 1.36 bits per heavy atom. The standard InChI is InChI=1S/C30H29N2S/c1-23-19-27(20-24(2)31(23)18-17-25-11-5-3-6-12-25)21-30-32(22-26-13-7-4-8-14-26)28-15-9-10-16-29(28)33-30/h3-16,19-21H,17-18,22H2,1-2H3/q+1. The molecule has 0 bridgehead atoms. The van der Waals surface area contributed by atoms with E-state index in [1.165, 1.54) is 43.7 Å². The molecule has 0 unspecified atom stereocenters. The summed E-state index contributed by atoms with van der Waals surface area (Å²) in [5, 5.41) is 1.28. The molecule has 164 valence electrons. The summed E-state index contributed by atoms with van der Waals surface area (Å²) in [4.78, 5) is 3.76. The van der Waals surface area contributed by atoms with Gasteiger partial charge in [-0.25, -0.2) is 0 Å². The van der Waals surface area contributed by atoms with Gasteiger partial charge in [0.2, 0.25) is 0 Å². The highest BCUT2D eigenvalue weighted by atomic mass is 32.2. The van der Waals surface area contributed by atoms with Gasteiger partial charge < -0.3 is 4.90 Å². The van der Waals surface area contributed by atoms with Gasteiger partial charge in [0.15, 0.2) is 17.9 Å². The van der Waals surface area contributed by atoms with E-state index in [-0.39, 0.29) is 0 Å². The highest BCUT2D eigenvalue weighted by Gasteiger charge is 2.25. The summed E-state index contributed by atoms with van der Waals surface area (Å²) in [5.74, 6) is 0. The second-order valence-corrected chi connectivity index (χ2v) is 9.65. The van der Waals surface area contributed by atoms with E-state index in [2.05, 4.69) is 126 Å². The summed E-state index contributed by atoms with van der Waals surface area (Å²) < 4.78 is 2.42. The molecule has 33 heavy (non-hydrogen) atoms. The fraction of sp³-hybridized carbons (Fsp3) is 0.167. The van der Waals surface area contributed by atoms with Crippen LogP contribution in [0.15, 0.2) is 107 Å². The molecule has 1 aliphatic heterocycles. The van der Waals surface area contributed by atoms with E-state index in [1.54, 1.807) is 0 Å². The molecule has 0 N–H and O–H groups in total. The Balaban J connectivity index is 1.42. The first-order chi connectivity index (χ1) is 16.2. The van der Waals surface area contributed by atoms with E-state index in [9.17, 15) is 0 Å². The molecular formula is C30H29N2S+. The molecule has 5 rings (SSSR count). The number of aromatic nitrogens is 1. The van der Waals surface area contributed by atoms with Gasteiger partial charge in [0.05, 0.1) is 10.7 Å². The van der Waals surface area contributed by atoms with Crippen molar-refractivity contribution in [3.63, 3.8) is 0 Å². The first-order valence-corrected chi connectivity index (χ1v) is 12.3. The zero-order valence-electron chi connectivity index (χ0n) is 19.2. The molecule has 3 aromatic carbocycles. The second kappa shape index (κ2) is 9.68. The topological polar surface area (TPSA) is 7.12 Å². The third kappa shape index (κ3) is 4.89. The van der Waals surface area contributed by atoms with Crippen LogP contribution in [0.4, 0.5) is 5.69 Å². The highest BCUT2D eigenvalue weighted by Crippen LogP contribution is 2.47. The van der Waals surface area contributed by atoms with Crippen LogP contribution in [0.2, 0.25) is 0 Å². The first-order valence-electron chi connectivity index (χ1n) is 11.5. The van der Waals surface area contributed by atoms with Crippen molar-refractivity contribution in [3.8, 4) is 0 Å². The van der Waals surface area contributed by atoms with Crippen LogP contribution < -0.4 is 9.47 Å². The largest absolute Gasteiger partial charge is 0.330 e. The van der Waals surface area contributed by atoms with Crippen LogP contribution in [0, 0.1) is 13.8 Å². The Morgan fingerprint density at radius 3 is 2.06 bits per heavy atom. The summed E-state index contributed by atoms with van der Waals surface area (Å²) in [7, 11) is 0. The van der Waals surface area contributed by atoms with Gasteiger partial charge in [-0.1, -0.05) is 84.6 Å². The monoisotopic (exact) mass is 449 g/mol. The molecule has 0 spiro atoms. The van der Waals surface area contributed by atoms with Gasteiger partial charge in [-0.15, -0.1) is 0 Å². The Labute approximate surface area is 201 Å². The van der Waals surface area contributed by atoms with Gasteiger partial charge in [0, 0.05) is 43.8 Å². The van der Waals surface area contributed by atoms with Gasteiger partial charge >= 0.3 is 0 Å². The minimum Gasteiger partial charge on any atom is -0.330 e. The third-order valence-corrected chi connectivity index (χ3v) is 7.29. The molecule has 0 radical (unpaired) electrons. The summed E-state index contributed by atoms with van der Waals surface area (Å²) in [6, 6.07) is 34.8. The normalized spacial score (nSPS) is 14.0. The van der Waals surface area contributed by atoms with Gasteiger partial charge in [0.25, 0.3) is 0 Å². The van der Waals surface area contributed by atoms with Crippen molar-refractivity contribution in [2.45, 2.75) is 38.3 Å². The van der Waals surface area contributed by atoms with Crippen molar-refractivity contribution in [2.24, 2.45) is 0 Å². The summed E-state index contributed by atoms with van der Waals surface area (Å²) in [5.41, 5.74) is 7.85. The molecule has 3 heteroatoms. The number of fused-ring (bicyclic) bond motifs is 1. The third-order valence-electron chi connectivity index (χ3n) is 6.18. The van der Waals surface area contributed by atoms with E-state index in [4.69, 9.17) is 0 Å². The van der Waals surface area contributed by atoms with Crippen LogP contribution in [-0.2, 0) is 19.5 Å². The number of rotatable bonds is 6. The smallest absolute Gasteiger partial charge is 0.179 e. The lowest BCUT2D eigenvalue weighted by atomic mass is 10.1. The average Bonchev–Trinajstić information content (AvgIpc) is 3.16. The molecule has 0 amide bonds. The van der Waals surface area contributed by atoms with Crippen molar-refractivity contribution in [2.75, 3.05) is 4.90 Å². The van der Waals surface area contributed by atoms with Crippen molar-refractivity contribution in [1.82, 2.24) is 0 Å². The van der Waals surface area contributed by atoms with E-state index >= 15 is 0 Å². The number of thioether (sulfide) groups is 1. The first kappa shape index (κ1) is 21.5. The molecule has 0 atom stereocenters. The Morgan fingerprint density at radius 1 is 0.758 bits per heavy atom. The fourth-order valence-electron chi connectivity index (χ4n) is 4.51. The van der Waals surface area contributed by atoms with Crippen molar-refractivity contribution in [3.05, 3.63) is 130 Å². The van der Waals surface area contributed by atoms with E-state index in [1.807, 2.05) is 11.8 Å². The lowest BCUT2D eigenvalue weighted by Gasteiger charge is -2.21. The van der Waals surface area contributed by atoms with Gasteiger partial charge in [0.1, 0.15) is 0 Å². The highest BCUT2D eigenvalue weighted by molar-refractivity contribution is 8.03. The fourth-order valence-corrected chi connectivity index (χ4v) is 5.63. The maximum absolute atomic E-state index is 2.44. The Kier molecular flexibility index (Phi) is 6.32. The molecule has 0 saturated carbocycles. The van der Waals surface area contributed by atoms with Crippen LogP contribution in [0.1, 0.15) is 28.1 Å². The van der Waals surface area contributed by atoms with Crippen LogP contribution in [0.5, 0.6) is 0 Å². The minimum absolute atomic E-state index is 0.874. The molecule has 0 saturated heterocycles. The summed E-state index contributed by atoms with van der Waals surface area (Å²) in [6.45, 7) is 6.31. The van der Waals surface area contributed by atoms with Crippen molar-refractivity contribution < 1.29 is 4.57 Å². The van der Waals surface area contributed by atoms with Crippen molar-refractivity contribution >= 4 is 23.5 Å². The van der Waals surface area contributed by atoms with Gasteiger partial charge in [-0.3, -0.25) is 0 Å². The predicted octanol–water partition coefficient (Wildman–Crippen LogP) is 6.94. The predicted molar refractivity (Wildman–Crippen MR) is 139 cm³/mol. The quantitative estimate of drug-likeness (QED) is 0.294. The van der Waals surface area contributed by atoms with Crippen LogP contribution in [0.3, 0.4) is 0 Å². The number of hydrogen-bond donors (Lipinski definition) is 0. The SMILES string of the molecule is Cc1cc(/C=C2\Sc3ccccc3N2Cc2ccccc2)cc(C)[n+]1CCc1ccccc1. The average molecular weight is 450 g/mol. The lowest BCUT2D eigenvalue weighted by Crippen LogP contribution is -2.41. The van der Waals surface area contributed by atoms with Crippen LogP contribution >= 0.6 is 11.8 Å². The van der Waals surface area contributed by atoms with Gasteiger partial charge in [-0.2, -0.15) is 4.57 Å². The van der Waals surface area contributed by atoms with E-state index in [0.717, 1.165) is 19.5 Å². The maximum atomic E-state index is 2.44. The molecule has 1 aliphatic rings. The summed E-state index contributed by atoms with van der Waals surface area (Å²) >= 11 is 1.86. The molecule has 0 fully saturated rings. The minimum atomic E-state index is 0.874. The van der Waals surface area contributed by atoms with Gasteiger partial charge in [-0.05, 0) is 34.9 Å². The number of anilines is 1. The number of pyridine rings is 1. The lowest BCUT2D eigenvalue weighted by molar-refractivity contribution is -0.708. The molecular weight excluding hydrogens is 420 g/mol. The number of benzene rings is 3. The maximum Gasteiger partial charge on any atom is 0.179 e. The molecule has 0 aliphatic carbocycles. The van der Waals surface area contributed by atoms with Crippen molar-refractivity contribution in [1.29, 1.82) is 0 Å². The Hall–Kier alpha value is -3.30. The second-order valence-electron chi connectivity index (χ2n) is 8.58. The summed E-state index contributed by atoms with van der Waals surface area (Å²) in [6.07, 6.45) is 3.39. The number of hydrogen-bond acceptors (Lipinski definition) is 2. The molecule has 2 heterocycles. The Bertz CT molecular complexity index is 1260. The number of aryl methyl sites for hydroxylation is 3. The zero-order valence-corrected chi connectivity index (χ0v) is 20.1. The molecule has 1 aromatic heterocycles. The molecule has 2 nitrogen and oxygen atoms in total. The number of para-hydroxylation sites is 1. The van der Waals surface area contributed by atoms with Crippen LogP contribution in [-0.4, -0.2) is 0 Å². The van der Waals surface area contributed by atoms with Crippen LogP contribution in [0.25, 0.3) is 6.08 Å². The zero-order chi connectivity index (χ0) is 22.6. The van der Waals surface area contributed by atoms with E-state index < -0.39 is 0 Å².